The van der Waals surface area contributed by atoms with E-state index < -0.39 is 0 Å². The number of aromatic amines is 1. The van der Waals surface area contributed by atoms with Gasteiger partial charge in [-0.25, -0.2) is 15.0 Å². The lowest BCUT2D eigenvalue weighted by molar-refractivity contribution is 1.10. The van der Waals surface area contributed by atoms with E-state index in [0.29, 0.717) is 5.95 Å². The third-order valence-corrected chi connectivity index (χ3v) is 2.97. The molecule has 19 heavy (non-hydrogen) atoms. The number of nitrogens with one attached hydrogen (secondary N) is 2. The number of aromatic nitrogens is 4. The minimum absolute atomic E-state index is 0.635. The first-order valence-corrected chi connectivity index (χ1v) is 6.16. The van der Waals surface area contributed by atoms with E-state index in [4.69, 9.17) is 0 Å². The molecule has 96 valence electrons. The van der Waals surface area contributed by atoms with Gasteiger partial charge >= 0.3 is 0 Å². The highest BCUT2D eigenvalue weighted by Crippen LogP contribution is 2.23. The monoisotopic (exact) mass is 253 g/mol. The van der Waals surface area contributed by atoms with Crippen molar-refractivity contribution in [2.24, 2.45) is 0 Å². The fourth-order valence-electron chi connectivity index (χ4n) is 2.12. The zero-order chi connectivity index (χ0) is 13.4. The van der Waals surface area contributed by atoms with Gasteiger partial charge in [0, 0.05) is 18.3 Å². The van der Waals surface area contributed by atoms with E-state index in [9.17, 15) is 0 Å². The SMILES string of the molecule is CNc1nc(C)cc(-c2ccc3nc(C)[nH]c3c2)n1. The molecule has 0 fully saturated rings. The van der Waals surface area contributed by atoms with E-state index in [1.807, 2.05) is 39.1 Å². The average Bonchev–Trinajstić information content (AvgIpc) is 2.76. The molecular formula is C14H15N5. The van der Waals surface area contributed by atoms with Crippen LogP contribution in [0.2, 0.25) is 0 Å². The summed E-state index contributed by atoms with van der Waals surface area (Å²) >= 11 is 0. The highest BCUT2D eigenvalue weighted by molar-refractivity contribution is 5.81. The molecule has 0 amide bonds. The lowest BCUT2D eigenvalue weighted by atomic mass is 10.1. The highest BCUT2D eigenvalue weighted by atomic mass is 15.1. The normalized spacial score (nSPS) is 10.9. The van der Waals surface area contributed by atoms with E-state index in [1.165, 1.54) is 0 Å². The van der Waals surface area contributed by atoms with E-state index >= 15 is 0 Å². The molecule has 0 radical (unpaired) electrons. The van der Waals surface area contributed by atoms with Crippen LogP contribution in [0.5, 0.6) is 0 Å². The van der Waals surface area contributed by atoms with Crippen LogP contribution in [0.25, 0.3) is 22.3 Å². The first-order chi connectivity index (χ1) is 9.15. The summed E-state index contributed by atoms with van der Waals surface area (Å²) in [6.07, 6.45) is 0. The average molecular weight is 253 g/mol. The Morgan fingerprint density at radius 1 is 1.05 bits per heavy atom. The van der Waals surface area contributed by atoms with Crippen molar-refractivity contribution in [2.75, 3.05) is 12.4 Å². The maximum atomic E-state index is 4.48. The molecule has 0 saturated heterocycles. The van der Waals surface area contributed by atoms with Crippen molar-refractivity contribution >= 4 is 17.0 Å². The summed E-state index contributed by atoms with van der Waals surface area (Å²) in [7, 11) is 1.82. The van der Waals surface area contributed by atoms with E-state index in [-0.39, 0.29) is 0 Å². The zero-order valence-electron chi connectivity index (χ0n) is 11.2. The van der Waals surface area contributed by atoms with Gasteiger partial charge in [-0.1, -0.05) is 6.07 Å². The molecular weight excluding hydrogens is 238 g/mol. The number of H-pyrrole nitrogens is 1. The number of rotatable bonds is 2. The van der Waals surface area contributed by atoms with Crippen LogP contribution in [-0.4, -0.2) is 27.0 Å². The number of nitrogens with zero attached hydrogens (tertiary/aromatic N) is 3. The first-order valence-electron chi connectivity index (χ1n) is 6.16. The number of aryl methyl sites for hydroxylation is 2. The summed E-state index contributed by atoms with van der Waals surface area (Å²) in [5, 5.41) is 2.98. The van der Waals surface area contributed by atoms with Crippen LogP contribution in [0.15, 0.2) is 24.3 Å². The Hall–Kier alpha value is -2.43. The van der Waals surface area contributed by atoms with Crippen molar-refractivity contribution in [3.05, 3.63) is 35.8 Å². The van der Waals surface area contributed by atoms with Crippen molar-refractivity contribution in [3.63, 3.8) is 0 Å². The molecule has 0 atom stereocenters. The predicted molar refractivity (Wildman–Crippen MR) is 76.1 cm³/mol. The molecule has 3 rings (SSSR count). The van der Waals surface area contributed by atoms with Crippen LogP contribution in [0.1, 0.15) is 11.5 Å². The van der Waals surface area contributed by atoms with Crippen molar-refractivity contribution < 1.29 is 0 Å². The summed E-state index contributed by atoms with van der Waals surface area (Å²) in [6.45, 7) is 3.92. The molecule has 5 heteroatoms. The van der Waals surface area contributed by atoms with Crippen molar-refractivity contribution in [1.82, 2.24) is 19.9 Å². The maximum absolute atomic E-state index is 4.48. The summed E-state index contributed by atoms with van der Waals surface area (Å²) in [5.74, 6) is 1.55. The van der Waals surface area contributed by atoms with E-state index in [1.54, 1.807) is 0 Å². The van der Waals surface area contributed by atoms with E-state index in [0.717, 1.165) is 33.8 Å². The second-order valence-electron chi connectivity index (χ2n) is 4.52. The van der Waals surface area contributed by atoms with Crippen LogP contribution >= 0.6 is 0 Å². The van der Waals surface area contributed by atoms with Gasteiger partial charge in [-0.05, 0) is 32.0 Å². The van der Waals surface area contributed by atoms with Crippen LogP contribution in [0.3, 0.4) is 0 Å². The van der Waals surface area contributed by atoms with Crippen molar-refractivity contribution in [2.45, 2.75) is 13.8 Å². The Balaban J connectivity index is 2.15. The molecule has 1 aromatic carbocycles. The quantitative estimate of drug-likeness (QED) is 0.737. The van der Waals surface area contributed by atoms with Crippen LogP contribution in [0.4, 0.5) is 5.95 Å². The summed E-state index contributed by atoms with van der Waals surface area (Å²) in [5.41, 5.74) is 4.90. The molecule has 2 N–H and O–H groups in total. The van der Waals surface area contributed by atoms with Gasteiger partial charge in [-0.15, -0.1) is 0 Å². The van der Waals surface area contributed by atoms with Gasteiger partial charge in [0.25, 0.3) is 0 Å². The second kappa shape index (κ2) is 4.35. The van der Waals surface area contributed by atoms with Crippen molar-refractivity contribution in [3.8, 4) is 11.3 Å². The Kier molecular flexibility index (Phi) is 2.67. The molecule has 0 unspecified atom stereocenters. The molecule has 0 spiro atoms. The smallest absolute Gasteiger partial charge is 0.223 e. The number of imidazole rings is 1. The van der Waals surface area contributed by atoms with Gasteiger partial charge in [0.15, 0.2) is 0 Å². The standard InChI is InChI=1S/C14H15N5/c1-8-6-12(19-14(15-3)16-8)10-4-5-11-13(7-10)18-9(2)17-11/h4-7H,1-3H3,(H,17,18)(H,15,16,19). The van der Waals surface area contributed by atoms with Crippen LogP contribution in [0, 0.1) is 13.8 Å². The molecule has 0 bridgehead atoms. The summed E-state index contributed by atoms with van der Waals surface area (Å²) < 4.78 is 0. The highest BCUT2D eigenvalue weighted by Gasteiger charge is 2.06. The lowest BCUT2D eigenvalue weighted by Gasteiger charge is -2.05. The third-order valence-electron chi connectivity index (χ3n) is 2.97. The Bertz CT molecular complexity index is 745. The first kappa shape index (κ1) is 11.6. The minimum Gasteiger partial charge on any atom is -0.357 e. The number of benzene rings is 1. The lowest BCUT2D eigenvalue weighted by Crippen LogP contribution is -1.99. The predicted octanol–water partition coefficient (Wildman–Crippen LogP) is 2.68. The van der Waals surface area contributed by atoms with Gasteiger partial charge in [0.1, 0.15) is 5.82 Å². The topological polar surface area (TPSA) is 66.5 Å². The zero-order valence-corrected chi connectivity index (χ0v) is 11.2. The largest absolute Gasteiger partial charge is 0.357 e. The molecule has 2 aromatic heterocycles. The number of fused-ring (bicyclic) bond motifs is 1. The number of hydrogen-bond donors (Lipinski definition) is 2. The molecule has 0 aliphatic carbocycles. The second-order valence-corrected chi connectivity index (χ2v) is 4.52. The van der Waals surface area contributed by atoms with Gasteiger partial charge in [0.05, 0.1) is 16.7 Å². The van der Waals surface area contributed by atoms with Gasteiger partial charge in [-0.2, -0.15) is 0 Å². The molecule has 0 saturated carbocycles. The Morgan fingerprint density at radius 3 is 2.68 bits per heavy atom. The third kappa shape index (κ3) is 2.14. The Labute approximate surface area is 111 Å². The van der Waals surface area contributed by atoms with Crippen LogP contribution < -0.4 is 5.32 Å². The molecule has 2 heterocycles. The molecule has 3 aromatic rings. The van der Waals surface area contributed by atoms with Crippen LogP contribution in [-0.2, 0) is 0 Å². The molecule has 5 nitrogen and oxygen atoms in total. The van der Waals surface area contributed by atoms with Gasteiger partial charge in [-0.3, -0.25) is 0 Å². The van der Waals surface area contributed by atoms with Gasteiger partial charge < -0.3 is 10.3 Å². The van der Waals surface area contributed by atoms with E-state index in [2.05, 4.69) is 31.3 Å². The van der Waals surface area contributed by atoms with Crippen molar-refractivity contribution in [1.29, 1.82) is 0 Å². The molecule has 0 aliphatic heterocycles. The fraction of sp³-hybridized carbons (Fsp3) is 0.214. The minimum atomic E-state index is 0.635. The Morgan fingerprint density at radius 2 is 1.89 bits per heavy atom. The fourth-order valence-corrected chi connectivity index (χ4v) is 2.12. The summed E-state index contributed by atoms with van der Waals surface area (Å²) in [6, 6.07) is 8.08. The molecule has 0 aliphatic rings. The number of anilines is 1. The maximum Gasteiger partial charge on any atom is 0.223 e. The number of hydrogen-bond acceptors (Lipinski definition) is 4. The van der Waals surface area contributed by atoms with Gasteiger partial charge in [0.2, 0.25) is 5.95 Å². The summed E-state index contributed by atoms with van der Waals surface area (Å²) in [4.78, 5) is 16.4.